The van der Waals surface area contributed by atoms with Gasteiger partial charge in [-0.1, -0.05) is 42.5 Å². The van der Waals surface area contributed by atoms with Crippen molar-refractivity contribution >= 4 is 15.9 Å². The lowest BCUT2D eigenvalue weighted by Crippen LogP contribution is -2.30. The molecule has 0 spiro atoms. The van der Waals surface area contributed by atoms with E-state index in [2.05, 4.69) is 15.9 Å². The van der Waals surface area contributed by atoms with Gasteiger partial charge in [-0.3, -0.25) is 0 Å². The van der Waals surface area contributed by atoms with Gasteiger partial charge in [0.15, 0.2) is 0 Å². The molecular weight excluding hydrogens is 307 g/mol. The summed E-state index contributed by atoms with van der Waals surface area (Å²) in [4.78, 5) is 0. The molecule has 1 N–H and O–H groups in total. The molecule has 0 amide bonds. The number of benzene rings is 2. The Labute approximate surface area is 121 Å². The van der Waals surface area contributed by atoms with Gasteiger partial charge in [-0.25, -0.2) is 4.39 Å². The van der Waals surface area contributed by atoms with Gasteiger partial charge in [-0.15, -0.1) is 0 Å². The topological polar surface area (TPSA) is 20.2 Å². The van der Waals surface area contributed by atoms with Crippen molar-refractivity contribution in [3.8, 4) is 0 Å². The molecule has 0 saturated heterocycles. The van der Waals surface area contributed by atoms with Gasteiger partial charge in [0.25, 0.3) is 0 Å². The van der Waals surface area contributed by atoms with E-state index in [0.717, 1.165) is 11.1 Å². The second-order valence-corrected chi connectivity index (χ2v) is 5.84. The molecule has 1 atom stereocenters. The molecule has 0 aliphatic rings. The summed E-state index contributed by atoms with van der Waals surface area (Å²) < 4.78 is 13.9. The molecule has 2 rings (SSSR count). The molecule has 0 radical (unpaired) electrons. The van der Waals surface area contributed by atoms with E-state index in [9.17, 15) is 9.50 Å². The molecule has 2 aromatic rings. The molecular formula is C16H16BrFO. The zero-order valence-electron chi connectivity index (χ0n) is 10.7. The Bertz CT molecular complexity index is 552. The Balaban J connectivity index is 2.15. The molecule has 1 nitrogen and oxygen atoms in total. The largest absolute Gasteiger partial charge is 0.389 e. The quantitative estimate of drug-likeness (QED) is 0.897. The minimum atomic E-state index is -0.905. The lowest BCUT2D eigenvalue weighted by atomic mass is 9.90. The van der Waals surface area contributed by atoms with Crippen LogP contribution < -0.4 is 0 Å². The highest BCUT2D eigenvalue weighted by Crippen LogP contribution is 2.26. The summed E-state index contributed by atoms with van der Waals surface area (Å²) >= 11 is 3.23. The molecule has 0 aliphatic heterocycles. The second-order valence-electron chi connectivity index (χ2n) is 5.05. The summed E-state index contributed by atoms with van der Waals surface area (Å²) in [5, 5.41) is 10.5. The fourth-order valence-electron chi connectivity index (χ4n) is 2.19. The number of hydrogen-bond acceptors (Lipinski definition) is 1. The Morgan fingerprint density at radius 2 is 1.74 bits per heavy atom. The molecule has 0 saturated carbocycles. The van der Waals surface area contributed by atoms with Crippen molar-refractivity contribution in [2.24, 2.45) is 0 Å². The van der Waals surface area contributed by atoms with Gasteiger partial charge in [0.1, 0.15) is 5.82 Å². The Kier molecular flexibility index (Phi) is 4.38. The average molecular weight is 323 g/mol. The molecule has 3 heteroatoms. The van der Waals surface area contributed by atoms with Crippen molar-refractivity contribution in [3.63, 3.8) is 0 Å². The summed E-state index contributed by atoms with van der Waals surface area (Å²) in [6, 6.07) is 14.7. The zero-order valence-corrected chi connectivity index (χ0v) is 12.3. The maximum atomic E-state index is 13.5. The van der Waals surface area contributed by atoms with E-state index in [4.69, 9.17) is 0 Å². The first-order valence-corrected chi connectivity index (χ1v) is 6.96. The number of aliphatic hydroxyl groups is 1. The maximum Gasteiger partial charge on any atom is 0.137 e. The molecule has 19 heavy (non-hydrogen) atoms. The first-order chi connectivity index (χ1) is 8.98. The van der Waals surface area contributed by atoms with E-state index in [1.807, 2.05) is 36.4 Å². The Morgan fingerprint density at radius 3 is 2.42 bits per heavy atom. The number of hydrogen-bond donors (Lipinski definition) is 1. The van der Waals surface area contributed by atoms with Crippen LogP contribution in [-0.4, -0.2) is 10.7 Å². The van der Waals surface area contributed by atoms with E-state index in [-0.39, 0.29) is 5.82 Å². The lowest BCUT2D eigenvalue weighted by molar-refractivity contribution is 0.0606. The third kappa shape index (κ3) is 3.88. The van der Waals surface area contributed by atoms with E-state index >= 15 is 0 Å². The van der Waals surface area contributed by atoms with Gasteiger partial charge in [0.2, 0.25) is 0 Å². The molecule has 0 heterocycles. The SMILES string of the molecule is CC(O)(Cc1ccccc1)Cc1cccc(F)c1Br. The predicted octanol–water partition coefficient (Wildman–Crippen LogP) is 4.12. The fraction of sp³-hybridized carbons (Fsp3) is 0.250. The van der Waals surface area contributed by atoms with Gasteiger partial charge in [0.05, 0.1) is 10.1 Å². The van der Waals surface area contributed by atoms with Crippen LogP contribution in [0.5, 0.6) is 0 Å². The minimum absolute atomic E-state index is 0.298. The standard InChI is InChI=1S/C16H16BrFO/c1-16(19,10-12-6-3-2-4-7-12)11-13-8-5-9-14(18)15(13)17/h2-9,19H,10-11H2,1H3. The molecule has 0 fully saturated rings. The van der Waals surface area contributed by atoms with Crippen molar-refractivity contribution in [1.29, 1.82) is 0 Å². The first-order valence-electron chi connectivity index (χ1n) is 6.17. The van der Waals surface area contributed by atoms with Crippen LogP contribution in [0.4, 0.5) is 4.39 Å². The monoisotopic (exact) mass is 322 g/mol. The molecule has 1 unspecified atom stereocenters. The van der Waals surface area contributed by atoms with Crippen molar-refractivity contribution in [3.05, 3.63) is 69.9 Å². The van der Waals surface area contributed by atoms with Crippen LogP contribution in [0.25, 0.3) is 0 Å². The van der Waals surface area contributed by atoms with Crippen LogP contribution in [-0.2, 0) is 12.8 Å². The van der Waals surface area contributed by atoms with E-state index < -0.39 is 5.60 Å². The highest BCUT2D eigenvalue weighted by molar-refractivity contribution is 9.10. The summed E-state index contributed by atoms with van der Waals surface area (Å²) in [5.74, 6) is -0.298. The smallest absolute Gasteiger partial charge is 0.137 e. The Hall–Kier alpha value is -1.19. The van der Waals surface area contributed by atoms with Crippen LogP contribution >= 0.6 is 15.9 Å². The third-order valence-corrected chi connectivity index (χ3v) is 3.92. The fourth-order valence-corrected chi connectivity index (χ4v) is 2.60. The van der Waals surface area contributed by atoms with E-state index in [0.29, 0.717) is 17.3 Å². The normalized spacial score (nSPS) is 14.1. The summed E-state index contributed by atoms with van der Waals surface area (Å²) in [5.41, 5.74) is 0.943. The number of rotatable bonds is 4. The van der Waals surface area contributed by atoms with E-state index in [1.165, 1.54) is 6.07 Å². The lowest BCUT2D eigenvalue weighted by Gasteiger charge is -2.24. The molecule has 0 bridgehead atoms. The minimum Gasteiger partial charge on any atom is -0.389 e. The molecule has 100 valence electrons. The summed E-state index contributed by atoms with van der Waals surface area (Å²) in [6.45, 7) is 1.78. The van der Waals surface area contributed by atoms with Gasteiger partial charge in [-0.05, 0) is 40.0 Å². The highest BCUT2D eigenvalue weighted by Gasteiger charge is 2.23. The highest BCUT2D eigenvalue weighted by atomic mass is 79.9. The van der Waals surface area contributed by atoms with Crippen LogP contribution in [0.1, 0.15) is 18.1 Å². The molecule has 0 aromatic heterocycles. The third-order valence-electron chi connectivity index (χ3n) is 3.03. The van der Waals surface area contributed by atoms with Gasteiger partial charge in [0, 0.05) is 12.8 Å². The van der Waals surface area contributed by atoms with E-state index in [1.54, 1.807) is 13.0 Å². The summed E-state index contributed by atoms with van der Waals surface area (Å²) in [7, 11) is 0. The first kappa shape index (κ1) is 14.2. The molecule has 2 aromatic carbocycles. The van der Waals surface area contributed by atoms with Crippen LogP contribution in [0.15, 0.2) is 53.0 Å². The van der Waals surface area contributed by atoms with Crippen molar-refractivity contribution in [2.45, 2.75) is 25.4 Å². The van der Waals surface area contributed by atoms with Crippen LogP contribution in [0, 0.1) is 5.82 Å². The van der Waals surface area contributed by atoms with Crippen molar-refractivity contribution in [2.75, 3.05) is 0 Å². The van der Waals surface area contributed by atoms with Crippen LogP contribution in [0.2, 0.25) is 0 Å². The molecule has 0 aliphatic carbocycles. The average Bonchev–Trinajstić information content (AvgIpc) is 2.35. The summed E-state index contributed by atoms with van der Waals surface area (Å²) in [6.07, 6.45) is 0.941. The zero-order chi connectivity index (χ0) is 13.9. The van der Waals surface area contributed by atoms with Gasteiger partial charge >= 0.3 is 0 Å². The van der Waals surface area contributed by atoms with Crippen LogP contribution in [0.3, 0.4) is 0 Å². The van der Waals surface area contributed by atoms with Gasteiger partial charge < -0.3 is 5.11 Å². The number of halogens is 2. The Morgan fingerprint density at radius 1 is 1.05 bits per heavy atom. The maximum absolute atomic E-state index is 13.5. The van der Waals surface area contributed by atoms with Crippen molar-refractivity contribution in [1.82, 2.24) is 0 Å². The predicted molar refractivity (Wildman–Crippen MR) is 78.6 cm³/mol. The van der Waals surface area contributed by atoms with Gasteiger partial charge in [-0.2, -0.15) is 0 Å². The van der Waals surface area contributed by atoms with Crippen molar-refractivity contribution < 1.29 is 9.50 Å². The second kappa shape index (κ2) is 5.85.